The number of morpholine rings is 1. The fourth-order valence-electron chi connectivity index (χ4n) is 2.16. The Hall–Kier alpha value is -0.840. The van der Waals surface area contributed by atoms with Crippen LogP contribution in [0.1, 0.15) is 6.92 Å². The van der Waals surface area contributed by atoms with Crippen molar-refractivity contribution >= 4 is 11.6 Å². The Balaban J connectivity index is 1.93. The molecule has 2 unspecified atom stereocenters. The number of rotatable bonds is 4. The van der Waals surface area contributed by atoms with Crippen LogP contribution in [-0.2, 0) is 11.3 Å². The van der Waals surface area contributed by atoms with E-state index in [9.17, 15) is 4.79 Å². The molecule has 0 saturated carbocycles. The molecule has 2 atom stereocenters. The predicted molar refractivity (Wildman–Crippen MR) is 72.2 cm³/mol. The minimum absolute atomic E-state index is 0.0484. The molecule has 100 valence electrons. The van der Waals surface area contributed by atoms with E-state index >= 15 is 0 Å². The fraction of sp³-hybridized carbons (Fsp3) is 0.615. The van der Waals surface area contributed by atoms with Crippen LogP contribution >= 0.6 is 11.6 Å². The second-order valence-electron chi connectivity index (χ2n) is 4.69. The van der Waals surface area contributed by atoms with Gasteiger partial charge in [-0.2, -0.15) is 0 Å². The van der Waals surface area contributed by atoms with Gasteiger partial charge in [0.2, 0.25) is 0 Å². The van der Waals surface area contributed by atoms with E-state index in [1.807, 2.05) is 12.3 Å². The smallest absolute Gasteiger partial charge is 0.250 e. The van der Waals surface area contributed by atoms with Gasteiger partial charge >= 0.3 is 0 Å². The second kappa shape index (κ2) is 6.36. The van der Waals surface area contributed by atoms with Gasteiger partial charge in [0.05, 0.1) is 12.7 Å². The average molecular weight is 271 g/mol. The van der Waals surface area contributed by atoms with E-state index in [-0.39, 0.29) is 11.7 Å². The summed E-state index contributed by atoms with van der Waals surface area (Å²) in [6.45, 7) is 5.24. The predicted octanol–water partition coefficient (Wildman–Crippen LogP) is 1.18. The highest BCUT2D eigenvalue weighted by Gasteiger charge is 2.24. The first-order chi connectivity index (χ1) is 8.70. The molecule has 0 radical (unpaired) electrons. The van der Waals surface area contributed by atoms with Gasteiger partial charge in [-0.05, 0) is 13.0 Å². The topological polar surface area (TPSA) is 34.5 Å². The quantitative estimate of drug-likeness (QED) is 0.771. The minimum atomic E-state index is 0.0484. The summed E-state index contributed by atoms with van der Waals surface area (Å²) in [6.07, 6.45) is 1.93. The van der Waals surface area contributed by atoms with Crippen molar-refractivity contribution in [3.63, 3.8) is 0 Å². The molecule has 5 heteroatoms. The highest BCUT2D eigenvalue weighted by atomic mass is 35.5. The van der Waals surface area contributed by atoms with Gasteiger partial charge in [0.25, 0.3) is 5.56 Å². The lowest BCUT2D eigenvalue weighted by Gasteiger charge is -2.37. The average Bonchev–Trinajstić information content (AvgIpc) is 2.39. The summed E-state index contributed by atoms with van der Waals surface area (Å²) in [5.41, 5.74) is 0.0484. The van der Waals surface area contributed by atoms with Gasteiger partial charge in [-0.25, -0.2) is 0 Å². The molecule has 1 aromatic heterocycles. The van der Waals surface area contributed by atoms with Crippen LogP contribution in [0, 0.1) is 0 Å². The number of ether oxygens (including phenoxy) is 1. The van der Waals surface area contributed by atoms with Crippen LogP contribution in [0.4, 0.5) is 0 Å². The molecule has 0 aromatic carbocycles. The molecule has 1 fully saturated rings. The van der Waals surface area contributed by atoms with Gasteiger partial charge in [0, 0.05) is 43.8 Å². The molecule has 0 bridgehead atoms. The molecule has 2 heterocycles. The summed E-state index contributed by atoms with van der Waals surface area (Å²) < 4.78 is 7.34. The van der Waals surface area contributed by atoms with Gasteiger partial charge < -0.3 is 9.30 Å². The van der Waals surface area contributed by atoms with Gasteiger partial charge in [0.15, 0.2) is 0 Å². The lowest BCUT2D eigenvalue weighted by molar-refractivity contribution is -0.0486. The number of hydrogen-bond donors (Lipinski definition) is 0. The van der Waals surface area contributed by atoms with Crippen molar-refractivity contribution < 1.29 is 4.74 Å². The van der Waals surface area contributed by atoms with Gasteiger partial charge in [-0.15, -0.1) is 11.6 Å². The molecule has 18 heavy (non-hydrogen) atoms. The maximum Gasteiger partial charge on any atom is 0.250 e. The van der Waals surface area contributed by atoms with Crippen LogP contribution in [0.15, 0.2) is 29.2 Å². The Labute approximate surface area is 112 Å². The summed E-state index contributed by atoms with van der Waals surface area (Å²) in [4.78, 5) is 13.9. The zero-order chi connectivity index (χ0) is 13.0. The first-order valence-corrected chi connectivity index (χ1v) is 6.81. The number of nitrogens with zero attached hydrogens (tertiary/aromatic N) is 2. The Bertz CT molecular complexity index is 435. The van der Waals surface area contributed by atoms with Crippen molar-refractivity contribution in [2.75, 3.05) is 25.6 Å². The zero-order valence-corrected chi connectivity index (χ0v) is 11.3. The van der Waals surface area contributed by atoms with E-state index in [2.05, 4.69) is 11.8 Å². The third-order valence-corrected chi connectivity index (χ3v) is 3.68. The maximum atomic E-state index is 11.6. The van der Waals surface area contributed by atoms with Gasteiger partial charge in [-0.3, -0.25) is 9.69 Å². The van der Waals surface area contributed by atoms with Crippen LogP contribution in [0.5, 0.6) is 0 Å². The van der Waals surface area contributed by atoms with E-state index in [1.54, 1.807) is 16.7 Å². The van der Waals surface area contributed by atoms with Crippen molar-refractivity contribution in [2.45, 2.75) is 25.6 Å². The first-order valence-electron chi connectivity index (χ1n) is 6.28. The van der Waals surface area contributed by atoms with Crippen LogP contribution < -0.4 is 5.56 Å². The number of hydrogen-bond acceptors (Lipinski definition) is 3. The van der Waals surface area contributed by atoms with Gasteiger partial charge in [-0.1, -0.05) is 6.07 Å². The summed E-state index contributed by atoms with van der Waals surface area (Å²) in [5.74, 6) is 0.522. The normalized spacial score (nSPS) is 25.2. The molecule has 1 aromatic rings. The van der Waals surface area contributed by atoms with Crippen molar-refractivity contribution in [1.82, 2.24) is 9.47 Å². The Morgan fingerprint density at radius 3 is 3.00 bits per heavy atom. The molecular formula is C13H19ClN2O2. The fourth-order valence-corrected chi connectivity index (χ4v) is 2.35. The van der Waals surface area contributed by atoms with E-state index in [0.717, 1.165) is 13.1 Å². The van der Waals surface area contributed by atoms with E-state index in [4.69, 9.17) is 16.3 Å². The lowest BCUT2D eigenvalue weighted by Crippen LogP contribution is -2.50. The Morgan fingerprint density at radius 1 is 1.44 bits per heavy atom. The number of halogens is 1. The molecule has 1 aliphatic rings. The van der Waals surface area contributed by atoms with Crippen molar-refractivity contribution in [1.29, 1.82) is 0 Å². The van der Waals surface area contributed by atoms with Crippen LogP contribution in [0.2, 0.25) is 0 Å². The molecular weight excluding hydrogens is 252 g/mol. The van der Waals surface area contributed by atoms with E-state index in [1.165, 1.54) is 0 Å². The summed E-state index contributed by atoms with van der Waals surface area (Å²) in [7, 11) is 0. The third kappa shape index (κ3) is 3.34. The molecule has 0 aliphatic carbocycles. The van der Waals surface area contributed by atoms with Crippen molar-refractivity contribution in [3.8, 4) is 0 Å². The second-order valence-corrected chi connectivity index (χ2v) is 4.99. The van der Waals surface area contributed by atoms with E-state index < -0.39 is 0 Å². The van der Waals surface area contributed by atoms with Crippen LogP contribution in [0.25, 0.3) is 0 Å². The summed E-state index contributed by atoms with van der Waals surface area (Å²) >= 11 is 5.83. The molecule has 4 nitrogen and oxygen atoms in total. The Kier molecular flexibility index (Phi) is 4.80. The molecule has 0 N–H and O–H groups in total. The lowest BCUT2D eigenvalue weighted by atomic mass is 10.2. The first kappa shape index (κ1) is 13.6. The molecule has 0 amide bonds. The SMILES string of the molecule is CC1COC(CCl)CN1CCn1ccccc1=O. The van der Waals surface area contributed by atoms with Crippen molar-refractivity contribution in [2.24, 2.45) is 0 Å². The van der Waals surface area contributed by atoms with Crippen LogP contribution in [0.3, 0.4) is 0 Å². The molecule has 0 spiro atoms. The Morgan fingerprint density at radius 2 is 2.28 bits per heavy atom. The van der Waals surface area contributed by atoms with Crippen molar-refractivity contribution in [3.05, 3.63) is 34.7 Å². The zero-order valence-electron chi connectivity index (χ0n) is 10.6. The highest BCUT2D eigenvalue weighted by molar-refractivity contribution is 6.18. The van der Waals surface area contributed by atoms with E-state index in [0.29, 0.717) is 25.1 Å². The summed E-state index contributed by atoms with van der Waals surface area (Å²) in [5, 5.41) is 0. The van der Waals surface area contributed by atoms with Gasteiger partial charge in [0.1, 0.15) is 0 Å². The number of aromatic nitrogens is 1. The third-order valence-electron chi connectivity index (χ3n) is 3.33. The maximum absolute atomic E-state index is 11.6. The standard InChI is InChI=1S/C13H19ClN2O2/c1-11-10-18-12(8-14)9-16(11)7-6-15-5-3-2-4-13(15)17/h2-5,11-12H,6-10H2,1H3. The summed E-state index contributed by atoms with van der Waals surface area (Å²) in [6, 6.07) is 5.61. The molecule has 2 rings (SSSR count). The van der Waals surface area contributed by atoms with Crippen LogP contribution in [-0.4, -0.2) is 47.2 Å². The number of alkyl halides is 1. The number of pyridine rings is 1. The highest BCUT2D eigenvalue weighted by Crippen LogP contribution is 2.12. The largest absolute Gasteiger partial charge is 0.374 e. The monoisotopic (exact) mass is 270 g/mol. The molecule has 1 saturated heterocycles. The minimum Gasteiger partial charge on any atom is -0.374 e. The molecule has 1 aliphatic heterocycles.